The van der Waals surface area contributed by atoms with E-state index in [4.69, 9.17) is 43.1 Å². The third-order valence-corrected chi connectivity index (χ3v) is 8.60. The predicted molar refractivity (Wildman–Crippen MR) is 162 cm³/mol. The maximum atomic E-state index is 11.4. The summed E-state index contributed by atoms with van der Waals surface area (Å²) in [5.41, 5.74) is 7.26. The third-order valence-electron chi connectivity index (χ3n) is 7.25. The van der Waals surface area contributed by atoms with Gasteiger partial charge in [0.2, 0.25) is 5.79 Å². The summed E-state index contributed by atoms with van der Waals surface area (Å²) in [6, 6.07) is 13.0. The van der Waals surface area contributed by atoms with Crippen LogP contribution in [0.5, 0.6) is 5.75 Å². The first-order valence-corrected chi connectivity index (χ1v) is 15.3. The smallest absolute Gasteiger partial charge is 0.324 e. The third kappa shape index (κ3) is 7.40. The zero-order valence-electron chi connectivity index (χ0n) is 22.8. The van der Waals surface area contributed by atoms with Crippen molar-refractivity contribution >= 4 is 46.9 Å². The average Bonchev–Trinajstić information content (AvgIpc) is 3.63. The number of ether oxygens (including phenoxy) is 3. The minimum atomic E-state index is -1.09. The topological polar surface area (TPSA) is 98.3 Å². The first-order chi connectivity index (χ1) is 19.8. The molecule has 13 heteroatoms. The first kappa shape index (κ1) is 29.8. The van der Waals surface area contributed by atoms with E-state index in [0.717, 1.165) is 44.2 Å². The highest BCUT2D eigenvalue weighted by atomic mass is 35.5. The first-order valence-electron chi connectivity index (χ1n) is 13.4. The van der Waals surface area contributed by atoms with Crippen molar-refractivity contribution in [2.24, 2.45) is 5.73 Å². The molecule has 2 atom stereocenters. The molecule has 0 saturated carbocycles. The minimum Gasteiger partial charge on any atom is -0.491 e. The molecule has 2 fully saturated rings. The van der Waals surface area contributed by atoms with E-state index < -0.39 is 11.8 Å². The van der Waals surface area contributed by atoms with Gasteiger partial charge in [0, 0.05) is 74.2 Å². The van der Waals surface area contributed by atoms with Gasteiger partial charge < -0.3 is 29.4 Å². The van der Waals surface area contributed by atoms with Crippen LogP contribution in [0.3, 0.4) is 0 Å². The number of nitrogens with zero attached hydrogens (tertiary/aromatic N) is 5. The summed E-state index contributed by atoms with van der Waals surface area (Å²) in [5.74, 6) is -0.327. The lowest BCUT2D eigenvalue weighted by Crippen LogP contribution is -2.48. The van der Waals surface area contributed by atoms with Crippen LogP contribution in [0.25, 0.3) is 0 Å². The Morgan fingerprint density at radius 2 is 1.98 bits per heavy atom. The van der Waals surface area contributed by atoms with Crippen LogP contribution < -0.4 is 15.4 Å². The molecule has 2 aromatic carbocycles. The molecule has 10 nitrogen and oxygen atoms in total. The molecular formula is C28H34Cl2N6O4S. The van der Waals surface area contributed by atoms with Crippen molar-refractivity contribution in [2.45, 2.75) is 18.4 Å². The standard InChI is InChI=1S/C28H34Cl2N6O4S/c1-41-36(27(31)37)15-12-33-10-13-35(14-11-33)22-3-5-23(6-4-22)38-17-24-18-39-28(40-24,19-34-9-8-32-20-34)25-7-2-21(29)16-26(25)30/h2-9,16,20,24H,10-15,17-19H2,1H3,(H2,31,37). The van der Waals surface area contributed by atoms with Crippen molar-refractivity contribution in [3.63, 3.8) is 0 Å². The zero-order valence-corrected chi connectivity index (χ0v) is 25.2. The number of hydrogen-bond donors (Lipinski definition) is 1. The van der Waals surface area contributed by atoms with Gasteiger partial charge in [-0.05, 0) is 48.3 Å². The second-order valence-electron chi connectivity index (χ2n) is 9.92. The summed E-state index contributed by atoms with van der Waals surface area (Å²) in [4.78, 5) is 20.3. The fraction of sp³-hybridized carbons (Fsp3) is 0.429. The minimum absolute atomic E-state index is 0.297. The number of hydrogen-bond acceptors (Lipinski definition) is 8. The predicted octanol–water partition coefficient (Wildman–Crippen LogP) is 4.32. The number of urea groups is 1. The number of carbonyl (C=O) groups excluding carboxylic acids is 1. The Hall–Kier alpha value is -2.67. The average molecular weight is 622 g/mol. The van der Waals surface area contributed by atoms with Crippen molar-refractivity contribution in [1.29, 1.82) is 0 Å². The van der Waals surface area contributed by atoms with Crippen molar-refractivity contribution in [2.75, 3.05) is 63.6 Å². The normalized spacial score (nSPS) is 21.2. The van der Waals surface area contributed by atoms with Gasteiger partial charge in [-0.3, -0.25) is 9.21 Å². The Morgan fingerprint density at radius 3 is 2.63 bits per heavy atom. The SMILES string of the molecule is CSN(CCN1CCN(c2ccc(OCC3COC(Cn4ccnc4)(c4ccc(Cl)cc4Cl)O3)cc2)CC1)C(N)=O. The molecule has 3 aromatic rings. The van der Waals surface area contributed by atoms with E-state index in [9.17, 15) is 4.79 Å². The van der Waals surface area contributed by atoms with Crippen molar-refractivity contribution < 1.29 is 19.0 Å². The second-order valence-corrected chi connectivity index (χ2v) is 11.6. The quantitative estimate of drug-likeness (QED) is 0.317. The van der Waals surface area contributed by atoms with E-state index in [1.54, 1.807) is 29.0 Å². The summed E-state index contributed by atoms with van der Waals surface area (Å²) >= 11 is 14.1. The van der Waals surface area contributed by atoms with E-state index in [1.807, 2.05) is 35.2 Å². The van der Waals surface area contributed by atoms with Gasteiger partial charge >= 0.3 is 6.03 Å². The molecule has 2 N–H and O–H groups in total. The van der Waals surface area contributed by atoms with E-state index in [1.165, 1.54) is 11.9 Å². The number of nitrogens with two attached hydrogens (primary N) is 1. The van der Waals surface area contributed by atoms with Gasteiger partial charge in [-0.25, -0.2) is 9.78 Å². The maximum Gasteiger partial charge on any atom is 0.324 e. The number of anilines is 1. The maximum absolute atomic E-state index is 11.4. The Kier molecular flexibility index (Phi) is 9.84. The van der Waals surface area contributed by atoms with E-state index in [2.05, 4.69) is 26.9 Å². The number of carbonyl (C=O) groups is 1. The molecule has 0 radical (unpaired) electrons. The highest BCUT2D eigenvalue weighted by Crippen LogP contribution is 2.40. The van der Waals surface area contributed by atoms with Crippen LogP contribution in [0.1, 0.15) is 5.56 Å². The summed E-state index contributed by atoms with van der Waals surface area (Å²) in [7, 11) is 0. The number of amides is 2. The van der Waals surface area contributed by atoms with Crippen LogP contribution >= 0.6 is 35.1 Å². The molecule has 5 rings (SSSR count). The Bertz CT molecular complexity index is 1290. The summed E-state index contributed by atoms with van der Waals surface area (Å²) in [6.07, 6.45) is 6.84. The number of aromatic nitrogens is 2. The molecular weight excluding hydrogens is 587 g/mol. The molecule has 41 heavy (non-hydrogen) atoms. The van der Waals surface area contributed by atoms with Gasteiger partial charge in [-0.15, -0.1) is 0 Å². The molecule has 0 spiro atoms. The van der Waals surface area contributed by atoms with Crippen LogP contribution in [0.2, 0.25) is 10.0 Å². The fourth-order valence-electron chi connectivity index (χ4n) is 5.07. The Balaban J connectivity index is 1.14. The van der Waals surface area contributed by atoms with Crippen molar-refractivity contribution in [3.8, 4) is 5.75 Å². The molecule has 0 aliphatic carbocycles. The van der Waals surface area contributed by atoms with Crippen LogP contribution in [0.15, 0.2) is 61.2 Å². The number of benzene rings is 2. The molecule has 1 aromatic heterocycles. The molecule has 2 amide bonds. The number of halogens is 2. The van der Waals surface area contributed by atoms with Gasteiger partial charge in [-0.1, -0.05) is 29.3 Å². The van der Waals surface area contributed by atoms with Crippen LogP contribution in [-0.2, 0) is 21.8 Å². The Morgan fingerprint density at radius 1 is 1.20 bits per heavy atom. The van der Waals surface area contributed by atoms with E-state index in [0.29, 0.717) is 41.9 Å². The van der Waals surface area contributed by atoms with Crippen LogP contribution in [0, 0.1) is 0 Å². The van der Waals surface area contributed by atoms with Gasteiger partial charge in [0.1, 0.15) is 18.5 Å². The lowest BCUT2D eigenvalue weighted by Gasteiger charge is -2.36. The molecule has 0 bridgehead atoms. The number of imidazole rings is 1. The number of primary amides is 1. The van der Waals surface area contributed by atoms with Crippen LogP contribution in [-0.4, -0.2) is 89.6 Å². The fourth-order valence-corrected chi connectivity index (χ4v) is 6.07. The molecule has 2 unspecified atom stereocenters. The van der Waals surface area contributed by atoms with Gasteiger partial charge in [0.05, 0.1) is 24.5 Å². The lowest BCUT2D eigenvalue weighted by atomic mass is 10.1. The molecule has 2 saturated heterocycles. The highest BCUT2D eigenvalue weighted by Gasteiger charge is 2.45. The largest absolute Gasteiger partial charge is 0.491 e. The number of rotatable bonds is 11. The highest BCUT2D eigenvalue weighted by molar-refractivity contribution is 7.96. The lowest BCUT2D eigenvalue weighted by molar-refractivity contribution is -0.189. The van der Waals surface area contributed by atoms with E-state index in [-0.39, 0.29) is 6.10 Å². The summed E-state index contributed by atoms with van der Waals surface area (Å²) < 4.78 is 22.3. The summed E-state index contributed by atoms with van der Waals surface area (Å²) in [6.45, 7) is 6.17. The van der Waals surface area contributed by atoms with Gasteiger partial charge in [0.25, 0.3) is 0 Å². The van der Waals surface area contributed by atoms with Crippen molar-refractivity contribution in [1.82, 2.24) is 18.8 Å². The van der Waals surface area contributed by atoms with Gasteiger partial charge in [-0.2, -0.15) is 0 Å². The Labute approximate surface area is 254 Å². The monoisotopic (exact) mass is 620 g/mol. The van der Waals surface area contributed by atoms with Gasteiger partial charge in [0.15, 0.2) is 0 Å². The van der Waals surface area contributed by atoms with Crippen LogP contribution in [0.4, 0.5) is 10.5 Å². The zero-order chi connectivity index (χ0) is 28.8. The molecule has 3 heterocycles. The second kappa shape index (κ2) is 13.5. The van der Waals surface area contributed by atoms with Crippen molar-refractivity contribution in [3.05, 3.63) is 76.8 Å². The molecule has 220 valence electrons. The molecule has 2 aliphatic rings. The summed E-state index contributed by atoms with van der Waals surface area (Å²) in [5, 5.41) is 1.02. The van der Waals surface area contributed by atoms with E-state index >= 15 is 0 Å². The number of piperazine rings is 1. The molecule has 2 aliphatic heterocycles.